The molecule has 3 rings (SSSR count). The topological polar surface area (TPSA) is 49.4 Å². The number of nitrogens with zero attached hydrogens (tertiary/aromatic N) is 1. The van der Waals surface area contributed by atoms with Crippen LogP contribution in [0.15, 0.2) is 46.0 Å². The third kappa shape index (κ3) is 4.34. The molecule has 1 fully saturated rings. The average molecular weight is 391 g/mol. The summed E-state index contributed by atoms with van der Waals surface area (Å²) in [6, 6.07) is 7.45. The van der Waals surface area contributed by atoms with Crippen LogP contribution in [0, 0.1) is 5.82 Å². The van der Waals surface area contributed by atoms with Crippen molar-refractivity contribution in [2.75, 3.05) is 19.6 Å². The van der Waals surface area contributed by atoms with E-state index in [1.54, 1.807) is 11.3 Å². The Labute approximate surface area is 152 Å². The standard InChI is InChI=1S/C16H19FN2O2S2.ClH/c17-14-5-1-2-6-16(14)23(20,21)18-11-15(13-7-10-22-12-13)19-8-3-4-9-19;/h1-2,5-7,10,12,15,18H,3-4,8-9,11H2;1H. The van der Waals surface area contributed by atoms with E-state index in [0.29, 0.717) is 0 Å². The van der Waals surface area contributed by atoms with Gasteiger partial charge in [0.05, 0.1) is 0 Å². The molecule has 0 amide bonds. The maximum atomic E-state index is 13.8. The highest BCUT2D eigenvalue weighted by atomic mass is 35.5. The summed E-state index contributed by atoms with van der Waals surface area (Å²) in [5.74, 6) is -0.728. The molecule has 1 aliphatic heterocycles. The molecule has 0 aliphatic carbocycles. The predicted molar refractivity (Wildman–Crippen MR) is 96.7 cm³/mol. The van der Waals surface area contributed by atoms with Gasteiger partial charge in [0.1, 0.15) is 10.7 Å². The largest absolute Gasteiger partial charge is 0.295 e. The second kappa shape index (κ2) is 8.40. The number of rotatable bonds is 6. The summed E-state index contributed by atoms with van der Waals surface area (Å²) in [7, 11) is -3.85. The van der Waals surface area contributed by atoms with E-state index in [9.17, 15) is 12.8 Å². The van der Waals surface area contributed by atoms with Crippen LogP contribution in [-0.2, 0) is 10.0 Å². The van der Waals surface area contributed by atoms with Crippen LogP contribution in [0.1, 0.15) is 24.4 Å². The Morgan fingerprint density at radius 2 is 1.92 bits per heavy atom. The Morgan fingerprint density at radius 3 is 2.54 bits per heavy atom. The second-order valence-electron chi connectivity index (χ2n) is 5.60. The summed E-state index contributed by atoms with van der Waals surface area (Å²) in [5, 5.41) is 4.03. The van der Waals surface area contributed by atoms with Gasteiger partial charge in [-0.3, -0.25) is 4.90 Å². The molecular weight excluding hydrogens is 371 g/mol. The lowest BCUT2D eigenvalue weighted by atomic mass is 10.1. The van der Waals surface area contributed by atoms with Crippen LogP contribution in [0.5, 0.6) is 0 Å². The van der Waals surface area contributed by atoms with Gasteiger partial charge in [-0.15, -0.1) is 12.4 Å². The Bertz CT molecular complexity index is 747. The second-order valence-corrected chi connectivity index (χ2v) is 8.11. The molecule has 0 bridgehead atoms. The predicted octanol–water partition coefficient (Wildman–Crippen LogP) is 3.42. The molecule has 132 valence electrons. The van der Waals surface area contributed by atoms with Gasteiger partial charge in [-0.2, -0.15) is 11.3 Å². The van der Waals surface area contributed by atoms with Crippen LogP contribution in [-0.4, -0.2) is 33.0 Å². The number of hydrogen-bond acceptors (Lipinski definition) is 4. The van der Waals surface area contributed by atoms with Gasteiger partial charge in [-0.1, -0.05) is 12.1 Å². The van der Waals surface area contributed by atoms with Crippen molar-refractivity contribution in [3.8, 4) is 0 Å². The van der Waals surface area contributed by atoms with E-state index in [0.717, 1.165) is 37.6 Å². The lowest BCUT2D eigenvalue weighted by molar-refractivity contribution is 0.247. The summed E-state index contributed by atoms with van der Waals surface area (Å²) in [4.78, 5) is 1.98. The van der Waals surface area contributed by atoms with Crippen molar-refractivity contribution in [1.82, 2.24) is 9.62 Å². The minimum Gasteiger partial charge on any atom is -0.295 e. The molecule has 1 N–H and O–H groups in total. The van der Waals surface area contributed by atoms with Crippen molar-refractivity contribution in [1.29, 1.82) is 0 Å². The molecule has 1 aromatic carbocycles. The van der Waals surface area contributed by atoms with E-state index in [4.69, 9.17) is 0 Å². The zero-order chi connectivity index (χ0) is 16.3. The molecule has 1 unspecified atom stereocenters. The highest BCUT2D eigenvalue weighted by Gasteiger charge is 2.26. The van der Waals surface area contributed by atoms with Crippen molar-refractivity contribution in [2.24, 2.45) is 0 Å². The van der Waals surface area contributed by atoms with Crippen molar-refractivity contribution >= 4 is 33.8 Å². The quantitative estimate of drug-likeness (QED) is 0.822. The van der Waals surface area contributed by atoms with Gasteiger partial charge in [0.15, 0.2) is 0 Å². The zero-order valence-corrected chi connectivity index (χ0v) is 15.5. The van der Waals surface area contributed by atoms with E-state index < -0.39 is 15.8 Å². The third-order valence-electron chi connectivity index (χ3n) is 4.10. The Hall–Kier alpha value is -0.990. The first-order chi connectivity index (χ1) is 11.1. The molecule has 1 atom stereocenters. The van der Waals surface area contributed by atoms with E-state index in [2.05, 4.69) is 9.62 Å². The normalized spacial score (nSPS) is 16.7. The SMILES string of the molecule is Cl.O=S(=O)(NCC(c1ccsc1)N1CCCC1)c1ccccc1F. The summed E-state index contributed by atoms with van der Waals surface area (Å²) in [5.41, 5.74) is 1.10. The zero-order valence-electron chi connectivity index (χ0n) is 13.0. The van der Waals surface area contributed by atoms with Gasteiger partial charge in [-0.05, 0) is 60.5 Å². The van der Waals surface area contributed by atoms with Crippen LogP contribution >= 0.6 is 23.7 Å². The maximum Gasteiger partial charge on any atom is 0.243 e. The first-order valence-electron chi connectivity index (χ1n) is 7.58. The minimum atomic E-state index is -3.85. The van der Waals surface area contributed by atoms with Gasteiger partial charge in [0.25, 0.3) is 0 Å². The van der Waals surface area contributed by atoms with Crippen LogP contribution in [0.4, 0.5) is 4.39 Å². The van der Waals surface area contributed by atoms with Gasteiger partial charge >= 0.3 is 0 Å². The molecule has 24 heavy (non-hydrogen) atoms. The maximum absolute atomic E-state index is 13.8. The van der Waals surface area contributed by atoms with Crippen LogP contribution in [0.25, 0.3) is 0 Å². The summed E-state index contributed by atoms with van der Waals surface area (Å²) in [6.45, 7) is 2.16. The number of halogens is 2. The van der Waals surface area contributed by atoms with Crippen molar-refractivity contribution in [3.63, 3.8) is 0 Å². The highest BCUT2D eigenvalue weighted by Crippen LogP contribution is 2.26. The number of sulfonamides is 1. The molecule has 0 saturated carbocycles. The van der Waals surface area contributed by atoms with Crippen molar-refractivity contribution in [3.05, 3.63) is 52.5 Å². The number of thiophene rings is 1. The van der Waals surface area contributed by atoms with Crippen LogP contribution in [0.3, 0.4) is 0 Å². The molecular formula is C16H20ClFN2O2S2. The smallest absolute Gasteiger partial charge is 0.243 e. The first-order valence-corrected chi connectivity index (χ1v) is 10.0. The van der Waals surface area contributed by atoms with Crippen molar-refractivity contribution < 1.29 is 12.8 Å². The molecule has 2 heterocycles. The fourth-order valence-corrected chi connectivity index (χ4v) is 4.73. The lowest BCUT2D eigenvalue weighted by Crippen LogP contribution is -2.36. The first kappa shape index (κ1) is 19.3. The highest BCUT2D eigenvalue weighted by molar-refractivity contribution is 7.89. The fourth-order valence-electron chi connectivity index (χ4n) is 2.90. The molecule has 1 aliphatic rings. The molecule has 1 aromatic heterocycles. The Kier molecular flexibility index (Phi) is 6.77. The monoisotopic (exact) mass is 390 g/mol. The van der Waals surface area contributed by atoms with E-state index in [-0.39, 0.29) is 29.9 Å². The summed E-state index contributed by atoms with van der Waals surface area (Å²) in [6.07, 6.45) is 2.25. The summed E-state index contributed by atoms with van der Waals surface area (Å²) >= 11 is 1.59. The minimum absolute atomic E-state index is 0. The molecule has 2 aromatic rings. The van der Waals surface area contributed by atoms with Crippen LogP contribution in [0.2, 0.25) is 0 Å². The van der Waals surface area contributed by atoms with Gasteiger partial charge in [0, 0.05) is 12.6 Å². The van der Waals surface area contributed by atoms with Gasteiger partial charge in [0.2, 0.25) is 10.0 Å². The Balaban J connectivity index is 0.00000208. The van der Waals surface area contributed by atoms with Gasteiger partial charge in [-0.25, -0.2) is 17.5 Å². The molecule has 4 nitrogen and oxygen atoms in total. The molecule has 0 radical (unpaired) electrons. The fraction of sp³-hybridized carbons (Fsp3) is 0.375. The van der Waals surface area contributed by atoms with Crippen molar-refractivity contribution in [2.45, 2.75) is 23.8 Å². The third-order valence-corrected chi connectivity index (χ3v) is 6.26. The molecule has 0 spiro atoms. The summed E-state index contributed by atoms with van der Waals surface area (Å²) < 4.78 is 41.1. The van der Waals surface area contributed by atoms with E-state index in [1.165, 1.54) is 18.2 Å². The van der Waals surface area contributed by atoms with E-state index >= 15 is 0 Å². The molecule has 1 saturated heterocycles. The Morgan fingerprint density at radius 1 is 1.21 bits per heavy atom. The molecule has 8 heteroatoms. The lowest BCUT2D eigenvalue weighted by Gasteiger charge is -2.27. The van der Waals surface area contributed by atoms with Gasteiger partial charge < -0.3 is 0 Å². The van der Waals surface area contributed by atoms with Crippen LogP contribution < -0.4 is 4.72 Å². The average Bonchev–Trinajstić information content (AvgIpc) is 3.21. The number of nitrogens with one attached hydrogen (secondary N) is 1. The van der Waals surface area contributed by atoms with E-state index in [1.807, 2.05) is 16.8 Å². The number of likely N-dealkylation sites (tertiary alicyclic amines) is 1. The number of benzene rings is 1. The number of hydrogen-bond donors (Lipinski definition) is 1.